The molecule has 6 nitrogen and oxygen atoms in total. The molecule has 0 bridgehead atoms. The highest BCUT2D eigenvalue weighted by molar-refractivity contribution is 7.89. The van der Waals surface area contributed by atoms with Crippen LogP contribution >= 0.6 is 0 Å². The van der Waals surface area contributed by atoms with Crippen molar-refractivity contribution < 1.29 is 17.6 Å². The highest BCUT2D eigenvalue weighted by Crippen LogP contribution is 2.15. The topological polar surface area (TPSA) is 69.7 Å². The minimum atomic E-state index is -3.85. The summed E-state index contributed by atoms with van der Waals surface area (Å²) in [6.45, 7) is 6.70. The summed E-state index contributed by atoms with van der Waals surface area (Å²) in [5, 5.41) is 0. The van der Waals surface area contributed by atoms with Crippen molar-refractivity contribution in [3.63, 3.8) is 0 Å². The molecule has 2 rings (SSSR count). The van der Waals surface area contributed by atoms with Crippen molar-refractivity contribution in [1.82, 2.24) is 14.5 Å². The molecule has 23 heavy (non-hydrogen) atoms. The van der Waals surface area contributed by atoms with Crippen molar-refractivity contribution >= 4 is 15.9 Å². The molecule has 8 heteroatoms. The number of carbonyl (C=O) groups is 1. The number of rotatable bonds is 5. The summed E-state index contributed by atoms with van der Waals surface area (Å²) in [6, 6.07) is 4.01. The Kier molecular flexibility index (Phi) is 5.72. The van der Waals surface area contributed by atoms with Crippen molar-refractivity contribution in [2.75, 3.05) is 39.3 Å². The quantitative estimate of drug-likeness (QED) is 0.849. The minimum Gasteiger partial charge on any atom is -0.340 e. The molecule has 0 spiro atoms. The third kappa shape index (κ3) is 4.73. The maximum absolute atomic E-state index is 13.7. The van der Waals surface area contributed by atoms with Gasteiger partial charge in [-0.15, -0.1) is 0 Å². The minimum absolute atomic E-state index is 0.0558. The fraction of sp³-hybridized carbons (Fsp3) is 0.533. The van der Waals surface area contributed by atoms with Crippen LogP contribution in [-0.2, 0) is 14.8 Å². The van der Waals surface area contributed by atoms with E-state index in [9.17, 15) is 17.6 Å². The molecule has 1 aromatic rings. The average molecular weight is 343 g/mol. The van der Waals surface area contributed by atoms with Crippen molar-refractivity contribution in [2.24, 2.45) is 0 Å². The standard InChI is InChI=1S/C15H22FN3O3S/c1-12-3-4-14(16)15(11-12)23(21,22)17-5-6-18-7-9-19(10-8-18)13(2)20/h3-4,11,17H,5-10H2,1-2H3. The first kappa shape index (κ1) is 17.8. The molecule has 0 aromatic heterocycles. The maximum atomic E-state index is 13.7. The zero-order chi connectivity index (χ0) is 17.0. The number of nitrogens with one attached hydrogen (secondary N) is 1. The van der Waals surface area contributed by atoms with Gasteiger partial charge in [0.15, 0.2) is 0 Å². The molecule has 128 valence electrons. The van der Waals surface area contributed by atoms with Gasteiger partial charge in [0.25, 0.3) is 0 Å². The Balaban J connectivity index is 1.86. The highest BCUT2D eigenvalue weighted by atomic mass is 32.2. The van der Waals surface area contributed by atoms with Crippen LogP contribution in [0.25, 0.3) is 0 Å². The molecule has 0 aliphatic carbocycles. The fourth-order valence-electron chi connectivity index (χ4n) is 2.52. The predicted molar refractivity (Wildman–Crippen MR) is 85.0 cm³/mol. The van der Waals surface area contributed by atoms with Gasteiger partial charge in [0, 0.05) is 46.2 Å². The Morgan fingerprint density at radius 2 is 1.91 bits per heavy atom. The molecule has 1 aliphatic heterocycles. The zero-order valence-electron chi connectivity index (χ0n) is 13.4. The van der Waals surface area contributed by atoms with Crippen molar-refractivity contribution in [1.29, 1.82) is 0 Å². The Morgan fingerprint density at radius 1 is 1.26 bits per heavy atom. The van der Waals surface area contributed by atoms with Gasteiger partial charge in [0.1, 0.15) is 10.7 Å². The van der Waals surface area contributed by atoms with E-state index in [0.29, 0.717) is 38.3 Å². The smallest absolute Gasteiger partial charge is 0.243 e. The van der Waals surface area contributed by atoms with Gasteiger partial charge in [0.05, 0.1) is 0 Å². The van der Waals surface area contributed by atoms with Crippen LogP contribution in [0, 0.1) is 12.7 Å². The van der Waals surface area contributed by atoms with Crippen LogP contribution in [0.4, 0.5) is 4.39 Å². The Morgan fingerprint density at radius 3 is 2.52 bits per heavy atom. The number of carbonyl (C=O) groups excluding carboxylic acids is 1. The Labute approximate surface area is 136 Å². The van der Waals surface area contributed by atoms with E-state index in [0.717, 1.165) is 6.07 Å². The van der Waals surface area contributed by atoms with E-state index in [1.54, 1.807) is 18.7 Å². The summed E-state index contributed by atoms with van der Waals surface area (Å²) in [4.78, 5) is 14.8. The fourth-order valence-corrected chi connectivity index (χ4v) is 3.70. The van der Waals surface area contributed by atoms with E-state index >= 15 is 0 Å². The Hall–Kier alpha value is -1.51. The third-order valence-electron chi connectivity index (χ3n) is 3.91. The lowest BCUT2D eigenvalue weighted by Crippen LogP contribution is -2.49. The van der Waals surface area contributed by atoms with Gasteiger partial charge in [-0.05, 0) is 24.6 Å². The van der Waals surface area contributed by atoms with Crippen LogP contribution in [0.3, 0.4) is 0 Å². The van der Waals surface area contributed by atoms with E-state index in [4.69, 9.17) is 0 Å². The van der Waals surface area contributed by atoms with E-state index in [1.165, 1.54) is 12.1 Å². The van der Waals surface area contributed by atoms with Crippen molar-refractivity contribution in [2.45, 2.75) is 18.7 Å². The molecule has 1 heterocycles. The van der Waals surface area contributed by atoms with Crippen molar-refractivity contribution in [3.8, 4) is 0 Å². The summed E-state index contributed by atoms with van der Waals surface area (Å²) in [5.41, 5.74) is 0.687. The predicted octanol–water partition coefficient (Wildman–Crippen LogP) is 0.577. The van der Waals surface area contributed by atoms with E-state index in [1.807, 2.05) is 0 Å². The van der Waals surface area contributed by atoms with Gasteiger partial charge in [-0.25, -0.2) is 17.5 Å². The SMILES string of the molecule is CC(=O)N1CCN(CCNS(=O)(=O)c2cc(C)ccc2F)CC1. The van der Waals surface area contributed by atoms with Crippen LogP contribution in [0.5, 0.6) is 0 Å². The summed E-state index contributed by atoms with van der Waals surface area (Å²) in [7, 11) is -3.85. The number of nitrogens with zero attached hydrogens (tertiary/aromatic N) is 2. The number of amides is 1. The Bertz CT molecular complexity index is 671. The molecule has 0 atom stereocenters. The zero-order valence-corrected chi connectivity index (χ0v) is 14.2. The van der Waals surface area contributed by atoms with Crippen LogP contribution in [0.15, 0.2) is 23.1 Å². The number of aryl methyl sites for hydroxylation is 1. The van der Waals surface area contributed by atoms with Gasteiger partial charge in [-0.1, -0.05) is 6.07 Å². The second kappa shape index (κ2) is 7.37. The number of benzene rings is 1. The molecule has 1 saturated heterocycles. The monoisotopic (exact) mass is 343 g/mol. The molecular weight excluding hydrogens is 321 g/mol. The molecule has 0 unspecified atom stereocenters. The number of hydrogen-bond acceptors (Lipinski definition) is 4. The lowest BCUT2D eigenvalue weighted by molar-refractivity contribution is -0.130. The lowest BCUT2D eigenvalue weighted by atomic mass is 10.2. The van der Waals surface area contributed by atoms with Crippen LogP contribution in [0.2, 0.25) is 0 Å². The molecule has 1 fully saturated rings. The lowest BCUT2D eigenvalue weighted by Gasteiger charge is -2.34. The van der Waals surface area contributed by atoms with Crippen LogP contribution in [-0.4, -0.2) is 63.4 Å². The summed E-state index contributed by atoms with van der Waals surface area (Å²) >= 11 is 0. The average Bonchev–Trinajstić information content (AvgIpc) is 2.50. The van der Waals surface area contributed by atoms with Crippen LogP contribution in [0.1, 0.15) is 12.5 Å². The molecule has 1 amide bonds. The number of hydrogen-bond donors (Lipinski definition) is 1. The van der Waals surface area contributed by atoms with Crippen LogP contribution < -0.4 is 4.72 Å². The molecule has 1 aromatic carbocycles. The summed E-state index contributed by atoms with van der Waals surface area (Å²) in [6.07, 6.45) is 0. The summed E-state index contributed by atoms with van der Waals surface area (Å²) in [5.74, 6) is -0.696. The highest BCUT2D eigenvalue weighted by Gasteiger charge is 2.21. The molecule has 0 radical (unpaired) electrons. The normalized spacial score (nSPS) is 16.6. The number of piperazine rings is 1. The van der Waals surface area contributed by atoms with E-state index in [2.05, 4.69) is 9.62 Å². The van der Waals surface area contributed by atoms with Gasteiger partial charge in [0.2, 0.25) is 15.9 Å². The molecule has 1 aliphatic rings. The van der Waals surface area contributed by atoms with Gasteiger partial charge < -0.3 is 4.90 Å². The first-order chi connectivity index (χ1) is 10.8. The van der Waals surface area contributed by atoms with Gasteiger partial charge in [-0.2, -0.15) is 0 Å². The molecular formula is C15H22FN3O3S. The van der Waals surface area contributed by atoms with E-state index in [-0.39, 0.29) is 17.3 Å². The first-order valence-electron chi connectivity index (χ1n) is 7.53. The second-order valence-electron chi connectivity index (χ2n) is 5.68. The van der Waals surface area contributed by atoms with Crippen molar-refractivity contribution in [3.05, 3.63) is 29.6 Å². The van der Waals surface area contributed by atoms with Gasteiger partial charge in [-0.3, -0.25) is 9.69 Å². The van der Waals surface area contributed by atoms with Gasteiger partial charge >= 0.3 is 0 Å². The molecule has 1 N–H and O–H groups in total. The summed E-state index contributed by atoms with van der Waals surface area (Å²) < 4.78 is 40.5. The number of sulfonamides is 1. The first-order valence-corrected chi connectivity index (χ1v) is 9.01. The third-order valence-corrected chi connectivity index (χ3v) is 5.39. The largest absolute Gasteiger partial charge is 0.340 e. The van der Waals surface area contributed by atoms with E-state index < -0.39 is 15.8 Å². The molecule has 0 saturated carbocycles. The second-order valence-corrected chi connectivity index (χ2v) is 7.41. The maximum Gasteiger partial charge on any atom is 0.243 e. The number of halogens is 1.